The van der Waals surface area contributed by atoms with Gasteiger partial charge in [0.05, 0.1) is 17.5 Å². The minimum Gasteiger partial charge on any atom is -0.478 e. The largest absolute Gasteiger partial charge is 0.478 e. The summed E-state index contributed by atoms with van der Waals surface area (Å²) in [5.41, 5.74) is 4.57. The summed E-state index contributed by atoms with van der Waals surface area (Å²) in [4.78, 5) is 10.7. The first kappa shape index (κ1) is 12.9. The van der Waals surface area contributed by atoms with Crippen molar-refractivity contribution in [3.63, 3.8) is 0 Å². The Labute approximate surface area is 120 Å². The highest BCUT2D eigenvalue weighted by Crippen LogP contribution is 2.17. The van der Waals surface area contributed by atoms with Gasteiger partial charge >= 0.3 is 5.97 Å². The summed E-state index contributed by atoms with van der Waals surface area (Å²) in [7, 11) is 0. The minimum atomic E-state index is -0.952. The lowest BCUT2D eigenvalue weighted by molar-refractivity contribution is 0.0697. The van der Waals surface area contributed by atoms with E-state index in [1.54, 1.807) is 18.3 Å². The lowest BCUT2D eigenvalue weighted by Crippen LogP contribution is -1.96. The number of furan rings is 1. The molecule has 104 valence electrons. The summed E-state index contributed by atoms with van der Waals surface area (Å²) in [6.45, 7) is 0. The maximum absolute atomic E-state index is 10.7. The van der Waals surface area contributed by atoms with Gasteiger partial charge in [-0.05, 0) is 36.4 Å². The third-order valence-electron chi connectivity index (χ3n) is 2.96. The molecular weight excluding hydrogens is 268 g/mol. The predicted octanol–water partition coefficient (Wildman–Crippen LogP) is 3.58. The Morgan fingerprint density at radius 2 is 1.90 bits per heavy atom. The molecule has 0 aliphatic carbocycles. The highest BCUT2D eigenvalue weighted by Gasteiger charge is 2.01. The number of nitrogens with one attached hydrogen (secondary N) is 1. The van der Waals surface area contributed by atoms with E-state index in [0.29, 0.717) is 11.4 Å². The average molecular weight is 280 g/mol. The van der Waals surface area contributed by atoms with Gasteiger partial charge in [-0.3, -0.25) is 5.43 Å². The summed E-state index contributed by atoms with van der Waals surface area (Å²) >= 11 is 0. The van der Waals surface area contributed by atoms with Gasteiger partial charge in [-0.1, -0.05) is 18.2 Å². The molecule has 2 N–H and O–H groups in total. The van der Waals surface area contributed by atoms with Gasteiger partial charge in [0.1, 0.15) is 11.3 Å². The van der Waals surface area contributed by atoms with E-state index in [9.17, 15) is 4.79 Å². The molecule has 21 heavy (non-hydrogen) atoms. The van der Waals surface area contributed by atoms with E-state index < -0.39 is 5.97 Å². The van der Waals surface area contributed by atoms with Crippen molar-refractivity contribution in [2.24, 2.45) is 5.10 Å². The van der Waals surface area contributed by atoms with Crippen LogP contribution >= 0.6 is 0 Å². The van der Waals surface area contributed by atoms with Crippen LogP contribution in [0.4, 0.5) is 5.69 Å². The van der Waals surface area contributed by atoms with Crippen molar-refractivity contribution in [1.29, 1.82) is 0 Å². The number of benzene rings is 2. The molecule has 0 saturated carbocycles. The number of carboxylic acid groups (broad SMARTS) is 1. The second kappa shape index (κ2) is 5.50. The van der Waals surface area contributed by atoms with Gasteiger partial charge in [0.15, 0.2) is 0 Å². The van der Waals surface area contributed by atoms with E-state index >= 15 is 0 Å². The number of carboxylic acids is 1. The number of para-hydroxylation sites is 1. The van der Waals surface area contributed by atoms with Crippen LogP contribution in [0.3, 0.4) is 0 Å². The zero-order chi connectivity index (χ0) is 14.7. The van der Waals surface area contributed by atoms with Crippen LogP contribution in [0.2, 0.25) is 0 Å². The third kappa shape index (κ3) is 2.92. The molecule has 0 fully saturated rings. The molecule has 0 unspecified atom stereocenters. The summed E-state index contributed by atoms with van der Waals surface area (Å²) in [6.07, 6.45) is 1.57. The number of nitrogens with zero attached hydrogens (tertiary/aromatic N) is 1. The summed E-state index contributed by atoms with van der Waals surface area (Å²) in [5.74, 6) is -0.307. The van der Waals surface area contributed by atoms with Crippen molar-refractivity contribution in [3.05, 3.63) is 65.9 Å². The molecule has 0 saturated heterocycles. The number of carbonyl (C=O) groups is 1. The molecule has 5 nitrogen and oxygen atoms in total. The smallest absolute Gasteiger partial charge is 0.335 e. The molecule has 0 radical (unpaired) electrons. The van der Waals surface area contributed by atoms with E-state index in [4.69, 9.17) is 9.52 Å². The Morgan fingerprint density at radius 1 is 1.14 bits per heavy atom. The number of aromatic carboxylic acids is 1. The van der Waals surface area contributed by atoms with Crippen LogP contribution in [0.15, 0.2) is 64.1 Å². The van der Waals surface area contributed by atoms with Crippen molar-refractivity contribution >= 4 is 28.8 Å². The van der Waals surface area contributed by atoms with Crippen LogP contribution in [0.5, 0.6) is 0 Å². The quantitative estimate of drug-likeness (QED) is 0.566. The Morgan fingerprint density at radius 3 is 2.62 bits per heavy atom. The second-order valence-corrected chi connectivity index (χ2v) is 4.44. The molecule has 0 bridgehead atoms. The Hall–Kier alpha value is -3.08. The fourth-order valence-corrected chi connectivity index (χ4v) is 1.92. The fraction of sp³-hybridized carbons (Fsp3) is 0. The number of hydrazone groups is 1. The van der Waals surface area contributed by atoms with Crippen LogP contribution in [-0.4, -0.2) is 17.3 Å². The Balaban J connectivity index is 1.70. The van der Waals surface area contributed by atoms with E-state index in [-0.39, 0.29) is 5.56 Å². The van der Waals surface area contributed by atoms with Crippen LogP contribution in [0.1, 0.15) is 16.1 Å². The van der Waals surface area contributed by atoms with Crippen LogP contribution in [-0.2, 0) is 0 Å². The SMILES string of the molecule is O=C(O)c1ccc(N/N=C/c2cc3ccccc3o2)cc1. The topological polar surface area (TPSA) is 74.8 Å². The van der Waals surface area contributed by atoms with Gasteiger partial charge in [0.2, 0.25) is 0 Å². The molecular formula is C16H12N2O3. The number of rotatable bonds is 4. The standard InChI is InChI=1S/C16H12N2O3/c19-16(20)11-5-7-13(8-6-11)18-17-10-14-9-12-3-1-2-4-15(12)21-14/h1-10,18H,(H,19,20)/b17-10+. The van der Waals surface area contributed by atoms with Gasteiger partial charge in [-0.15, -0.1) is 0 Å². The van der Waals surface area contributed by atoms with Crippen molar-refractivity contribution in [1.82, 2.24) is 0 Å². The van der Waals surface area contributed by atoms with Gasteiger partial charge in [-0.2, -0.15) is 5.10 Å². The minimum absolute atomic E-state index is 0.238. The third-order valence-corrected chi connectivity index (χ3v) is 2.96. The van der Waals surface area contributed by atoms with Crippen LogP contribution < -0.4 is 5.43 Å². The number of hydrogen-bond donors (Lipinski definition) is 2. The first-order valence-corrected chi connectivity index (χ1v) is 6.33. The average Bonchev–Trinajstić information content (AvgIpc) is 2.90. The summed E-state index contributed by atoms with van der Waals surface area (Å²) < 4.78 is 5.59. The fourth-order valence-electron chi connectivity index (χ4n) is 1.92. The van der Waals surface area contributed by atoms with Crippen LogP contribution in [0, 0.1) is 0 Å². The van der Waals surface area contributed by atoms with Crippen molar-refractivity contribution in [2.75, 3.05) is 5.43 Å². The predicted molar refractivity (Wildman–Crippen MR) is 80.8 cm³/mol. The van der Waals surface area contributed by atoms with Gasteiger partial charge < -0.3 is 9.52 Å². The van der Waals surface area contributed by atoms with Gasteiger partial charge in [0, 0.05) is 5.39 Å². The highest BCUT2D eigenvalue weighted by molar-refractivity contribution is 5.88. The molecule has 0 aliphatic rings. The van der Waals surface area contributed by atoms with Crippen molar-refractivity contribution < 1.29 is 14.3 Å². The second-order valence-electron chi connectivity index (χ2n) is 4.44. The van der Waals surface area contributed by atoms with E-state index in [1.165, 1.54) is 12.1 Å². The van der Waals surface area contributed by atoms with E-state index in [1.807, 2.05) is 30.3 Å². The zero-order valence-electron chi connectivity index (χ0n) is 11.0. The maximum Gasteiger partial charge on any atom is 0.335 e. The Kier molecular flexibility index (Phi) is 3.39. The molecule has 0 amide bonds. The summed E-state index contributed by atoms with van der Waals surface area (Å²) in [6, 6.07) is 15.9. The number of fused-ring (bicyclic) bond motifs is 1. The lowest BCUT2D eigenvalue weighted by atomic mass is 10.2. The van der Waals surface area contributed by atoms with Gasteiger partial charge in [-0.25, -0.2) is 4.79 Å². The molecule has 1 heterocycles. The maximum atomic E-state index is 10.7. The molecule has 0 aliphatic heterocycles. The molecule has 1 aromatic heterocycles. The summed E-state index contributed by atoms with van der Waals surface area (Å²) in [5, 5.41) is 13.9. The first-order chi connectivity index (χ1) is 10.2. The molecule has 5 heteroatoms. The lowest BCUT2D eigenvalue weighted by Gasteiger charge is -1.99. The molecule has 0 atom stereocenters. The Bertz CT molecular complexity index is 771. The molecule has 0 spiro atoms. The number of anilines is 1. The normalized spacial score (nSPS) is 11.0. The van der Waals surface area contributed by atoms with E-state index in [0.717, 1.165) is 11.0 Å². The highest BCUT2D eigenvalue weighted by atomic mass is 16.4. The first-order valence-electron chi connectivity index (χ1n) is 6.33. The monoisotopic (exact) mass is 280 g/mol. The number of hydrogen-bond acceptors (Lipinski definition) is 4. The molecule has 2 aromatic carbocycles. The van der Waals surface area contributed by atoms with Crippen molar-refractivity contribution in [2.45, 2.75) is 0 Å². The van der Waals surface area contributed by atoms with Crippen molar-refractivity contribution in [3.8, 4) is 0 Å². The van der Waals surface area contributed by atoms with E-state index in [2.05, 4.69) is 10.5 Å². The molecule has 3 rings (SSSR count). The molecule has 3 aromatic rings. The zero-order valence-corrected chi connectivity index (χ0v) is 11.0. The van der Waals surface area contributed by atoms with Crippen LogP contribution in [0.25, 0.3) is 11.0 Å². The van der Waals surface area contributed by atoms with Gasteiger partial charge in [0.25, 0.3) is 0 Å².